The summed E-state index contributed by atoms with van der Waals surface area (Å²) in [6.45, 7) is 0. The van der Waals surface area contributed by atoms with Crippen LogP contribution < -0.4 is 11.1 Å². The van der Waals surface area contributed by atoms with E-state index in [2.05, 4.69) is 15.3 Å². The Bertz CT molecular complexity index is 637. The smallest absolute Gasteiger partial charge is 0.271 e. The number of nitrogens with two attached hydrogens (primary N) is 1. The van der Waals surface area contributed by atoms with Crippen molar-refractivity contribution in [1.29, 1.82) is 0 Å². The maximum Gasteiger partial charge on any atom is 0.271 e. The number of hydrogen-bond donors (Lipinski definition) is 2. The van der Waals surface area contributed by atoms with Crippen molar-refractivity contribution in [3.8, 4) is 0 Å². The third-order valence-electron chi connectivity index (χ3n) is 3.58. The normalized spacial score (nSPS) is 15.7. The van der Waals surface area contributed by atoms with Crippen LogP contribution in [0.3, 0.4) is 0 Å². The monoisotopic (exact) mass is 340 g/mol. The number of carbonyl (C=O) groups is 1. The molecule has 1 aromatic carbocycles. The molecule has 22 heavy (non-hydrogen) atoms. The molecule has 0 fully saturated rings. The number of aryl methyl sites for hydroxylation is 1. The van der Waals surface area contributed by atoms with Crippen LogP contribution in [0.1, 0.15) is 40.5 Å². The van der Waals surface area contributed by atoms with E-state index in [1.54, 1.807) is 6.20 Å². The average molecular weight is 341 g/mol. The lowest BCUT2D eigenvalue weighted by Crippen LogP contribution is -2.31. The maximum absolute atomic E-state index is 12.2. The molecule has 0 aliphatic heterocycles. The van der Waals surface area contributed by atoms with E-state index in [1.165, 1.54) is 18.0 Å². The van der Waals surface area contributed by atoms with E-state index >= 15 is 0 Å². The first-order valence-corrected chi connectivity index (χ1v) is 6.69. The predicted octanol–water partition coefficient (Wildman–Crippen LogP) is 2.71. The lowest BCUT2D eigenvalue weighted by atomic mass is 9.87. The van der Waals surface area contributed by atoms with Gasteiger partial charge >= 0.3 is 0 Å². The molecule has 3 rings (SSSR count). The van der Waals surface area contributed by atoms with Gasteiger partial charge in [-0.15, -0.1) is 24.8 Å². The first-order valence-electron chi connectivity index (χ1n) is 6.69. The van der Waals surface area contributed by atoms with Crippen molar-refractivity contribution in [2.75, 3.05) is 5.73 Å². The number of hydrogen-bond acceptors (Lipinski definition) is 4. The maximum atomic E-state index is 12.2. The number of nitrogens with zero attached hydrogens (tertiary/aromatic N) is 2. The minimum absolute atomic E-state index is 0. The number of amides is 1. The molecule has 1 aliphatic carbocycles. The fourth-order valence-corrected chi connectivity index (χ4v) is 2.63. The minimum atomic E-state index is -0.187. The van der Waals surface area contributed by atoms with Crippen LogP contribution in [0.4, 0.5) is 5.69 Å². The standard InChI is InChI=1S/C15H16N4O.2ClH/c16-11-4-5-12-10(8-11)2-1-3-13(12)19-15(20)14-9-17-6-7-18-14;;/h4-9,13H,1-3,16H2,(H,19,20);2*1H. The Morgan fingerprint density at radius 1 is 1.27 bits per heavy atom. The molecule has 0 saturated carbocycles. The van der Waals surface area contributed by atoms with Gasteiger partial charge in [0.2, 0.25) is 0 Å². The van der Waals surface area contributed by atoms with Crippen molar-refractivity contribution >= 4 is 36.4 Å². The summed E-state index contributed by atoms with van der Waals surface area (Å²) < 4.78 is 0. The Morgan fingerprint density at radius 3 is 2.82 bits per heavy atom. The number of halogens is 2. The van der Waals surface area contributed by atoms with E-state index in [9.17, 15) is 4.79 Å². The van der Waals surface area contributed by atoms with Crippen molar-refractivity contribution < 1.29 is 4.79 Å². The Balaban J connectivity index is 0.00000121. The van der Waals surface area contributed by atoms with Gasteiger partial charge in [0, 0.05) is 18.1 Å². The number of fused-ring (bicyclic) bond motifs is 1. The van der Waals surface area contributed by atoms with Crippen molar-refractivity contribution in [3.63, 3.8) is 0 Å². The fraction of sp³-hybridized carbons (Fsp3) is 0.267. The zero-order valence-corrected chi connectivity index (χ0v) is 13.5. The summed E-state index contributed by atoms with van der Waals surface area (Å²) in [5.41, 5.74) is 9.30. The van der Waals surface area contributed by atoms with Crippen LogP contribution in [0.2, 0.25) is 0 Å². The number of aromatic nitrogens is 2. The highest BCUT2D eigenvalue weighted by Gasteiger charge is 2.22. The van der Waals surface area contributed by atoms with Crippen molar-refractivity contribution in [3.05, 3.63) is 53.6 Å². The molecule has 1 amide bonds. The second kappa shape index (κ2) is 7.96. The zero-order valence-electron chi connectivity index (χ0n) is 11.9. The average Bonchev–Trinajstić information content (AvgIpc) is 2.48. The quantitative estimate of drug-likeness (QED) is 0.823. The summed E-state index contributed by atoms with van der Waals surface area (Å²) in [4.78, 5) is 20.1. The molecule has 0 bridgehead atoms. The third-order valence-corrected chi connectivity index (χ3v) is 3.58. The second-order valence-electron chi connectivity index (χ2n) is 4.97. The van der Waals surface area contributed by atoms with E-state index in [-0.39, 0.29) is 36.8 Å². The molecule has 1 unspecified atom stereocenters. The molecule has 3 N–H and O–H groups in total. The van der Waals surface area contributed by atoms with Gasteiger partial charge in [0.05, 0.1) is 12.2 Å². The van der Waals surface area contributed by atoms with Crippen LogP contribution in [-0.4, -0.2) is 15.9 Å². The first-order chi connectivity index (χ1) is 9.74. The largest absolute Gasteiger partial charge is 0.399 e. The highest BCUT2D eigenvalue weighted by molar-refractivity contribution is 5.92. The third kappa shape index (κ3) is 3.87. The van der Waals surface area contributed by atoms with Gasteiger partial charge in [-0.3, -0.25) is 9.78 Å². The number of carbonyl (C=O) groups excluding carboxylic acids is 1. The van der Waals surface area contributed by atoms with Crippen LogP contribution in [0.5, 0.6) is 0 Å². The summed E-state index contributed by atoms with van der Waals surface area (Å²) in [6, 6.07) is 5.90. The van der Waals surface area contributed by atoms with E-state index in [1.807, 2.05) is 18.2 Å². The van der Waals surface area contributed by atoms with Gasteiger partial charge in [0.15, 0.2) is 0 Å². The Labute approximate surface area is 141 Å². The predicted molar refractivity (Wildman–Crippen MR) is 90.5 cm³/mol. The lowest BCUT2D eigenvalue weighted by molar-refractivity contribution is 0.0927. The molecule has 1 aliphatic rings. The molecule has 1 aromatic heterocycles. The van der Waals surface area contributed by atoms with Gasteiger partial charge in [-0.05, 0) is 42.5 Å². The molecule has 2 aromatic rings. The van der Waals surface area contributed by atoms with Gasteiger partial charge in [-0.2, -0.15) is 0 Å². The van der Waals surface area contributed by atoms with Gasteiger partial charge in [0.25, 0.3) is 5.91 Å². The number of anilines is 1. The molecular weight excluding hydrogens is 323 g/mol. The van der Waals surface area contributed by atoms with Crippen LogP contribution in [0, 0.1) is 0 Å². The molecule has 5 nitrogen and oxygen atoms in total. The summed E-state index contributed by atoms with van der Waals surface area (Å²) in [7, 11) is 0. The number of nitrogen functional groups attached to an aromatic ring is 1. The van der Waals surface area contributed by atoms with E-state index in [0.29, 0.717) is 5.69 Å². The molecular formula is C15H18Cl2N4O. The molecule has 0 saturated heterocycles. The molecule has 1 heterocycles. The van der Waals surface area contributed by atoms with E-state index in [0.717, 1.165) is 30.5 Å². The molecule has 7 heteroatoms. The summed E-state index contributed by atoms with van der Waals surface area (Å²) in [5.74, 6) is -0.187. The topological polar surface area (TPSA) is 80.9 Å². The molecule has 1 atom stereocenters. The highest BCUT2D eigenvalue weighted by atomic mass is 35.5. The van der Waals surface area contributed by atoms with Crippen LogP contribution in [-0.2, 0) is 6.42 Å². The number of nitrogens with one attached hydrogen (secondary N) is 1. The minimum Gasteiger partial charge on any atom is -0.399 e. The number of benzene rings is 1. The second-order valence-corrected chi connectivity index (χ2v) is 4.97. The van der Waals surface area contributed by atoms with Gasteiger partial charge < -0.3 is 11.1 Å². The molecule has 0 radical (unpaired) electrons. The van der Waals surface area contributed by atoms with E-state index in [4.69, 9.17) is 5.73 Å². The Hall–Kier alpha value is -1.85. The van der Waals surface area contributed by atoms with Crippen molar-refractivity contribution in [1.82, 2.24) is 15.3 Å². The number of rotatable bonds is 2. The van der Waals surface area contributed by atoms with Crippen LogP contribution >= 0.6 is 24.8 Å². The SMILES string of the molecule is Cl.Cl.Nc1ccc2c(c1)CCCC2NC(=O)c1cnccn1. The molecule has 118 valence electrons. The fourth-order valence-electron chi connectivity index (χ4n) is 2.63. The van der Waals surface area contributed by atoms with Crippen molar-refractivity contribution in [2.24, 2.45) is 0 Å². The lowest BCUT2D eigenvalue weighted by Gasteiger charge is -2.26. The molecule has 0 spiro atoms. The van der Waals surface area contributed by atoms with Gasteiger partial charge in [-0.1, -0.05) is 6.07 Å². The van der Waals surface area contributed by atoms with Gasteiger partial charge in [-0.25, -0.2) is 4.98 Å². The zero-order chi connectivity index (χ0) is 13.9. The summed E-state index contributed by atoms with van der Waals surface area (Å²) >= 11 is 0. The van der Waals surface area contributed by atoms with E-state index < -0.39 is 0 Å². The van der Waals surface area contributed by atoms with Crippen LogP contribution in [0.15, 0.2) is 36.8 Å². The van der Waals surface area contributed by atoms with Crippen LogP contribution in [0.25, 0.3) is 0 Å². The van der Waals surface area contributed by atoms with Crippen molar-refractivity contribution in [2.45, 2.75) is 25.3 Å². The highest BCUT2D eigenvalue weighted by Crippen LogP contribution is 2.31. The Kier molecular flexibility index (Phi) is 6.59. The first kappa shape index (κ1) is 18.2. The Morgan fingerprint density at radius 2 is 2.09 bits per heavy atom. The van der Waals surface area contributed by atoms with Gasteiger partial charge in [0.1, 0.15) is 5.69 Å². The summed E-state index contributed by atoms with van der Waals surface area (Å²) in [6.07, 6.45) is 7.53. The summed E-state index contributed by atoms with van der Waals surface area (Å²) in [5, 5.41) is 3.03.